The van der Waals surface area contributed by atoms with Crippen LogP contribution in [0.25, 0.3) is 0 Å². The van der Waals surface area contributed by atoms with Gasteiger partial charge in [0.2, 0.25) is 11.8 Å². The number of hydrogen-bond acceptors (Lipinski definition) is 3. The number of carboxylic acids is 1. The summed E-state index contributed by atoms with van der Waals surface area (Å²) in [5.74, 6) is -2.49. The summed E-state index contributed by atoms with van der Waals surface area (Å²) in [5, 5.41) is 8.58. The van der Waals surface area contributed by atoms with E-state index in [0.29, 0.717) is 12.8 Å². The Balaban J connectivity index is 2.20. The van der Waals surface area contributed by atoms with Crippen molar-refractivity contribution in [1.82, 2.24) is 4.90 Å². The molecular formula is C10H11NO4. The molecule has 5 heteroatoms. The molecule has 80 valence electrons. The molecule has 1 aliphatic heterocycles. The minimum absolute atomic E-state index is 0.332. The second-order valence-electron chi connectivity index (χ2n) is 3.81. The highest BCUT2D eigenvalue weighted by Crippen LogP contribution is 2.34. The van der Waals surface area contributed by atoms with Crippen LogP contribution in [0.5, 0.6) is 0 Å². The topological polar surface area (TPSA) is 74.7 Å². The van der Waals surface area contributed by atoms with Gasteiger partial charge < -0.3 is 5.11 Å². The summed E-state index contributed by atoms with van der Waals surface area (Å²) < 4.78 is 0. The summed E-state index contributed by atoms with van der Waals surface area (Å²) in [4.78, 5) is 34.7. The number of carboxylic acid groups (broad SMARTS) is 1. The lowest BCUT2D eigenvalue weighted by molar-refractivity contribution is -0.149. The van der Waals surface area contributed by atoms with Crippen LogP contribution in [0.1, 0.15) is 12.8 Å². The number of imide groups is 1. The summed E-state index contributed by atoms with van der Waals surface area (Å²) in [7, 11) is 0. The molecule has 0 unspecified atom stereocenters. The number of nitrogens with zero attached hydrogens (tertiary/aromatic N) is 1. The van der Waals surface area contributed by atoms with Gasteiger partial charge in [-0.3, -0.25) is 19.3 Å². The highest BCUT2D eigenvalue weighted by molar-refractivity contribution is 6.07. The number of likely N-dealkylation sites (tertiary alicyclic amines) is 1. The first kappa shape index (κ1) is 9.89. The van der Waals surface area contributed by atoms with Crippen LogP contribution in [-0.2, 0) is 14.4 Å². The normalized spacial score (nSPS) is 29.5. The molecule has 0 aromatic carbocycles. The number of allylic oxidation sites excluding steroid dienone is 2. The maximum Gasteiger partial charge on any atom is 0.323 e. The third-order valence-corrected chi connectivity index (χ3v) is 2.89. The zero-order valence-electron chi connectivity index (χ0n) is 8.05. The number of amides is 2. The van der Waals surface area contributed by atoms with E-state index in [1.54, 1.807) is 0 Å². The lowest BCUT2D eigenvalue weighted by Crippen LogP contribution is -2.35. The fourth-order valence-electron chi connectivity index (χ4n) is 2.16. The Morgan fingerprint density at radius 2 is 1.73 bits per heavy atom. The van der Waals surface area contributed by atoms with Crippen LogP contribution in [0, 0.1) is 11.8 Å². The van der Waals surface area contributed by atoms with Gasteiger partial charge in [0.25, 0.3) is 0 Å². The zero-order chi connectivity index (χ0) is 11.0. The third kappa shape index (κ3) is 1.54. The summed E-state index contributed by atoms with van der Waals surface area (Å²) in [6.07, 6.45) is 4.84. The number of hydrogen-bond donors (Lipinski definition) is 1. The van der Waals surface area contributed by atoms with E-state index in [9.17, 15) is 14.4 Å². The van der Waals surface area contributed by atoms with Gasteiger partial charge in [-0.25, -0.2) is 0 Å². The molecule has 0 aromatic heterocycles. The van der Waals surface area contributed by atoms with E-state index < -0.39 is 12.5 Å². The van der Waals surface area contributed by atoms with Crippen molar-refractivity contribution in [2.75, 3.05) is 6.54 Å². The minimum Gasteiger partial charge on any atom is -0.480 e. The number of carbonyl (C=O) groups excluding carboxylic acids is 2. The fraction of sp³-hybridized carbons (Fsp3) is 0.500. The Labute approximate surface area is 86.4 Å². The molecule has 2 amide bonds. The second-order valence-corrected chi connectivity index (χ2v) is 3.81. The zero-order valence-corrected chi connectivity index (χ0v) is 8.05. The maximum absolute atomic E-state index is 11.7. The summed E-state index contributed by atoms with van der Waals surface area (Å²) in [6.45, 7) is -0.509. The van der Waals surface area contributed by atoms with Crippen molar-refractivity contribution in [3.8, 4) is 0 Å². The predicted molar refractivity (Wildman–Crippen MR) is 49.7 cm³/mol. The van der Waals surface area contributed by atoms with Crippen molar-refractivity contribution in [3.63, 3.8) is 0 Å². The van der Waals surface area contributed by atoms with Crippen LogP contribution in [0.3, 0.4) is 0 Å². The van der Waals surface area contributed by atoms with Gasteiger partial charge in [0.1, 0.15) is 6.54 Å². The summed E-state index contributed by atoms with van der Waals surface area (Å²) in [6, 6.07) is 0. The average molecular weight is 209 g/mol. The number of fused-ring (bicyclic) bond motifs is 1. The van der Waals surface area contributed by atoms with Gasteiger partial charge >= 0.3 is 5.97 Å². The van der Waals surface area contributed by atoms with Gasteiger partial charge in [-0.15, -0.1) is 0 Å². The highest BCUT2D eigenvalue weighted by atomic mass is 16.4. The van der Waals surface area contributed by atoms with Gasteiger partial charge in [-0.1, -0.05) is 12.2 Å². The second kappa shape index (κ2) is 3.49. The first-order valence-corrected chi connectivity index (χ1v) is 4.83. The molecule has 1 heterocycles. The Morgan fingerprint density at radius 3 is 2.13 bits per heavy atom. The Bertz CT molecular complexity index is 334. The van der Waals surface area contributed by atoms with Crippen molar-refractivity contribution in [2.24, 2.45) is 11.8 Å². The predicted octanol–water partition coefficient (Wildman–Crippen LogP) is 0.0222. The van der Waals surface area contributed by atoms with Crippen molar-refractivity contribution in [3.05, 3.63) is 12.2 Å². The van der Waals surface area contributed by atoms with Crippen molar-refractivity contribution >= 4 is 17.8 Å². The molecule has 2 aliphatic rings. The number of aliphatic carboxylic acids is 1. The van der Waals surface area contributed by atoms with Crippen LogP contribution in [0.2, 0.25) is 0 Å². The molecular weight excluding hydrogens is 198 g/mol. The van der Waals surface area contributed by atoms with E-state index in [1.807, 2.05) is 12.2 Å². The SMILES string of the molecule is O=C(O)CN1C(=O)[C@H]2CC=CC[C@@H]2C1=O. The number of carbonyl (C=O) groups is 3. The van der Waals surface area contributed by atoms with E-state index in [4.69, 9.17) is 5.11 Å². The lowest BCUT2D eigenvalue weighted by atomic mass is 9.85. The molecule has 1 aliphatic carbocycles. The van der Waals surface area contributed by atoms with E-state index in [-0.39, 0.29) is 23.7 Å². The van der Waals surface area contributed by atoms with Crippen LogP contribution < -0.4 is 0 Å². The molecule has 1 N–H and O–H groups in total. The molecule has 1 fully saturated rings. The molecule has 0 saturated carbocycles. The first-order chi connectivity index (χ1) is 7.11. The van der Waals surface area contributed by atoms with E-state index in [0.717, 1.165) is 4.90 Å². The quantitative estimate of drug-likeness (QED) is 0.514. The monoisotopic (exact) mass is 209 g/mol. The molecule has 0 aromatic rings. The van der Waals surface area contributed by atoms with Gasteiger partial charge in [0, 0.05) is 0 Å². The molecule has 2 atom stereocenters. The first-order valence-electron chi connectivity index (χ1n) is 4.83. The van der Waals surface area contributed by atoms with Crippen LogP contribution in [0.4, 0.5) is 0 Å². The lowest BCUT2D eigenvalue weighted by Gasteiger charge is -2.14. The van der Waals surface area contributed by atoms with Crippen LogP contribution in [0.15, 0.2) is 12.2 Å². The molecule has 1 saturated heterocycles. The molecule has 2 rings (SSSR count). The molecule has 0 bridgehead atoms. The standard InChI is InChI=1S/C10H11NO4/c12-8(13)5-11-9(14)6-3-1-2-4-7(6)10(11)15/h1-2,6-7H,3-5H2,(H,12,13)/t6-,7-/m0/s1. The van der Waals surface area contributed by atoms with Crippen LogP contribution >= 0.6 is 0 Å². The molecule has 15 heavy (non-hydrogen) atoms. The van der Waals surface area contributed by atoms with Gasteiger partial charge in [0.05, 0.1) is 11.8 Å². The summed E-state index contributed by atoms with van der Waals surface area (Å²) in [5.41, 5.74) is 0. The van der Waals surface area contributed by atoms with E-state index in [2.05, 4.69) is 0 Å². The van der Waals surface area contributed by atoms with Gasteiger partial charge in [-0.2, -0.15) is 0 Å². The smallest absolute Gasteiger partial charge is 0.323 e. The Morgan fingerprint density at radius 1 is 1.27 bits per heavy atom. The molecule has 5 nitrogen and oxygen atoms in total. The Hall–Kier alpha value is -1.65. The Kier molecular flexibility index (Phi) is 2.30. The largest absolute Gasteiger partial charge is 0.480 e. The van der Waals surface area contributed by atoms with Crippen molar-refractivity contribution in [1.29, 1.82) is 0 Å². The van der Waals surface area contributed by atoms with Gasteiger partial charge in [-0.05, 0) is 12.8 Å². The van der Waals surface area contributed by atoms with E-state index in [1.165, 1.54) is 0 Å². The summed E-state index contributed by atoms with van der Waals surface area (Å²) >= 11 is 0. The fourth-order valence-corrected chi connectivity index (χ4v) is 2.16. The molecule has 0 spiro atoms. The van der Waals surface area contributed by atoms with Crippen LogP contribution in [-0.4, -0.2) is 34.3 Å². The third-order valence-electron chi connectivity index (χ3n) is 2.89. The van der Waals surface area contributed by atoms with Crippen molar-refractivity contribution in [2.45, 2.75) is 12.8 Å². The van der Waals surface area contributed by atoms with Crippen molar-refractivity contribution < 1.29 is 19.5 Å². The van der Waals surface area contributed by atoms with E-state index >= 15 is 0 Å². The maximum atomic E-state index is 11.7. The minimum atomic E-state index is -1.15. The molecule has 0 radical (unpaired) electrons. The van der Waals surface area contributed by atoms with Gasteiger partial charge in [0.15, 0.2) is 0 Å². The number of rotatable bonds is 2. The average Bonchev–Trinajstić information content (AvgIpc) is 2.44. The highest BCUT2D eigenvalue weighted by Gasteiger charge is 2.47.